The molecule has 0 aliphatic carbocycles. The fourth-order valence-electron chi connectivity index (χ4n) is 2.66. The molecule has 6 nitrogen and oxygen atoms in total. The maximum Gasteiger partial charge on any atom is 0.246 e. The maximum atomic E-state index is 13.8. The van der Waals surface area contributed by atoms with Crippen molar-refractivity contribution in [2.45, 2.75) is 37.1 Å². The average Bonchev–Trinajstić information content (AvgIpc) is 2.56. The van der Waals surface area contributed by atoms with Gasteiger partial charge in [0.1, 0.15) is 16.5 Å². The second-order valence-electron chi connectivity index (χ2n) is 6.83. The van der Waals surface area contributed by atoms with E-state index >= 15 is 0 Å². The summed E-state index contributed by atoms with van der Waals surface area (Å²) in [6.07, 6.45) is 0.616. The van der Waals surface area contributed by atoms with Gasteiger partial charge in [-0.3, -0.25) is 4.79 Å². The molecular formula is C16H24ClF2N3O3S. The molecule has 0 aromatic heterocycles. The van der Waals surface area contributed by atoms with Crippen molar-refractivity contribution >= 4 is 28.3 Å². The van der Waals surface area contributed by atoms with Crippen molar-refractivity contribution in [2.24, 2.45) is 11.7 Å². The van der Waals surface area contributed by atoms with Gasteiger partial charge in [-0.05, 0) is 44.9 Å². The van der Waals surface area contributed by atoms with Crippen LogP contribution in [0, 0.1) is 17.6 Å². The Hall–Kier alpha value is -1.29. The lowest BCUT2D eigenvalue weighted by molar-refractivity contribution is -0.127. The van der Waals surface area contributed by atoms with Gasteiger partial charge in [0.05, 0.1) is 0 Å². The van der Waals surface area contributed by atoms with E-state index in [0.29, 0.717) is 18.9 Å². The van der Waals surface area contributed by atoms with Crippen LogP contribution in [0.25, 0.3) is 0 Å². The number of carbonyl (C=O) groups is 1. The zero-order chi connectivity index (χ0) is 18.8. The molecule has 0 spiro atoms. The molecule has 0 radical (unpaired) electrons. The van der Waals surface area contributed by atoms with Crippen LogP contribution >= 0.6 is 12.4 Å². The molecule has 0 unspecified atom stereocenters. The summed E-state index contributed by atoms with van der Waals surface area (Å²) in [4.78, 5) is 11.6. The number of rotatable bonds is 5. The SMILES string of the molecule is CC(C)(CN)NC(=O)C1CCN(S(=O)(=O)c2cc(F)ccc2F)CC1.Cl. The van der Waals surface area contributed by atoms with E-state index < -0.39 is 32.1 Å². The lowest BCUT2D eigenvalue weighted by atomic mass is 9.95. The number of sulfonamides is 1. The highest BCUT2D eigenvalue weighted by atomic mass is 35.5. The molecule has 1 heterocycles. The van der Waals surface area contributed by atoms with Gasteiger partial charge in [-0.2, -0.15) is 4.31 Å². The van der Waals surface area contributed by atoms with E-state index in [2.05, 4.69) is 5.32 Å². The van der Waals surface area contributed by atoms with Crippen LogP contribution in [0.1, 0.15) is 26.7 Å². The fourth-order valence-corrected chi connectivity index (χ4v) is 4.20. The number of benzene rings is 1. The van der Waals surface area contributed by atoms with Crippen LogP contribution in [0.4, 0.5) is 8.78 Å². The summed E-state index contributed by atoms with van der Waals surface area (Å²) in [5.74, 6) is -2.33. The molecular weight excluding hydrogens is 388 g/mol. The third-order valence-corrected chi connectivity index (χ3v) is 6.22. The summed E-state index contributed by atoms with van der Waals surface area (Å²) < 4.78 is 53.2. The summed E-state index contributed by atoms with van der Waals surface area (Å²) in [5, 5.41) is 2.84. The molecule has 1 amide bonds. The summed E-state index contributed by atoms with van der Waals surface area (Å²) in [7, 11) is -4.14. The predicted molar refractivity (Wildman–Crippen MR) is 96.4 cm³/mol. The molecule has 1 aromatic carbocycles. The van der Waals surface area contributed by atoms with E-state index in [4.69, 9.17) is 5.73 Å². The Morgan fingerprint density at radius 2 is 1.88 bits per heavy atom. The molecule has 0 atom stereocenters. The number of carbonyl (C=O) groups excluding carboxylic acids is 1. The van der Waals surface area contributed by atoms with Crippen molar-refractivity contribution in [3.05, 3.63) is 29.8 Å². The first-order chi connectivity index (χ1) is 11.6. The normalized spacial score (nSPS) is 16.8. The smallest absolute Gasteiger partial charge is 0.246 e. The number of nitrogens with one attached hydrogen (secondary N) is 1. The van der Waals surface area contributed by atoms with Crippen molar-refractivity contribution in [3.63, 3.8) is 0 Å². The zero-order valence-electron chi connectivity index (χ0n) is 14.7. The number of hydrogen-bond donors (Lipinski definition) is 2. The Morgan fingerprint density at radius 3 is 2.42 bits per heavy atom. The van der Waals surface area contributed by atoms with Gasteiger partial charge in [0.2, 0.25) is 15.9 Å². The minimum Gasteiger partial charge on any atom is -0.350 e. The summed E-state index contributed by atoms with van der Waals surface area (Å²) in [6.45, 7) is 4.03. The van der Waals surface area contributed by atoms with Crippen LogP contribution in [0.2, 0.25) is 0 Å². The van der Waals surface area contributed by atoms with Gasteiger partial charge in [0, 0.05) is 31.1 Å². The van der Waals surface area contributed by atoms with Crippen LogP contribution in [0.15, 0.2) is 23.1 Å². The zero-order valence-corrected chi connectivity index (χ0v) is 16.3. The fraction of sp³-hybridized carbons (Fsp3) is 0.562. The van der Waals surface area contributed by atoms with Crippen molar-refractivity contribution < 1.29 is 22.0 Å². The molecule has 1 aliphatic heterocycles. The number of nitrogens with two attached hydrogens (primary N) is 1. The first-order valence-corrected chi connectivity index (χ1v) is 9.48. The Balaban J connectivity index is 0.00000338. The molecule has 2 rings (SSSR count). The number of halogens is 3. The first-order valence-electron chi connectivity index (χ1n) is 8.04. The summed E-state index contributed by atoms with van der Waals surface area (Å²) in [5.41, 5.74) is 5.05. The van der Waals surface area contributed by atoms with E-state index in [1.54, 1.807) is 13.8 Å². The van der Waals surface area contributed by atoms with Crippen molar-refractivity contribution in [1.82, 2.24) is 9.62 Å². The van der Waals surface area contributed by atoms with Gasteiger partial charge in [-0.1, -0.05) is 0 Å². The van der Waals surface area contributed by atoms with Gasteiger partial charge in [-0.25, -0.2) is 17.2 Å². The highest BCUT2D eigenvalue weighted by molar-refractivity contribution is 7.89. The van der Waals surface area contributed by atoms with Crippen LogP contribution < -0.4 is 11.1 Å². The molecule has 0 bridgehead atoms. The standard InChI is InChI=1S/C16H23F2N3O3S.ClH/c1-16(2,10-19)20-15(22)11-5-7-21(8-6-11)25(23,24)14-9-12(17)3-4-13(14)18;/h3-4,9,11H,5-8,10,19H2,1-2H3,(H,20,22);1H. The van der Waals surface area contributed by atoms with Gasteiger partial charge >= 0.3 is 0 Å². The summed E-state index contributed by atoms with van der Waals surface area (Å²) in [6, 6.07) is 2.33. The minimum atomic E-state index is -4.14. The molecule has 1 aromatic rings. The third kappa shape index (κ3) is 5.12. The topological polar surface area (TPSA) is 92.5 Å². The molecule has 26 heavy (non-hydrogen) atoms. The van der Waals surface area contributed by atoms with Crippen LogP contribution in [0.3, 0.4) is 0 Å². The highest BCUT2D eigenvalue weighted by Crippen LogP contribution is 2.26. The van der Waals surface area contributed by atoms with Crippen molar-refractivity contribution in [1.29, 1.82) is 0 Å². The van der Waals surface area contributed by atoms with Gasteiger partial charge in [0.25, 0.3) is 0 Å². The quantitative estimate of drug-likeness (QED) is 0.770. The van der Waals surface area contributed by atoms with E-state index in [-0.39, 0.29) is 43.9 Å². The van der Waals surface area contributed by atoms with E-state index in [1.165, 1.54) is 0 Å². The largest absolute Gasteiger partial charge is 0.350 e. The lowest BCUT2D eigenvalue weighted by Crippen LogP contribution is -2.52. The molecule has 148 valence electrons. The van der Waals surface area contributed by atoms with Crippen LogP contribution in [-0.4, -0.2) is 43.8 Å². The molecule has 3 N–H and O–H groups in total. The number of amides is 1. The molecule has 10 heteroatoms. The van der Waals surface area contributed by atoms with Crippen LogP contribution in [-0.2, 0) is 14.8 Å². The first kappa shape index (κ1) is 22.8. The highest BCUT2D eigenvalue weighted by Gasteiger charge is 2.34. The van der Waals surface area contributed by atoms with Gasteiger partial charge in [-0.15, -0.1) is 12.4 Å². The Morgan fingerprint density at radius 1 is 1.31 bits per heavy atom. The van der Waals surface area contributed by atoms with E-state index in [1.807, 2.05) is 0 Å². The van der Waals surface area contributed by atoms with Crippen LogP contribution in [0.5, 0.6) is 0 Å². The number of nitrogens with zero attached hydrogens (tertiary/aromatic N) is 1. The predicted octanol–water partition coefficient (Wildman–Crippen LogP) is 1.64. The van der Waals surface area contributed by atoms with Crippen molar-refractivity contribution in [2.75, 3.05) is 19.6 Å². The number of piperidine rings is 1. The van der Waals surface area contributed by atoms with Crippen molar-refractivity contribution in [3.8, 4) is 0 Å². The maximum absolute atomic E-state index is 13.8. The average molecular weight is 412 g/mol. The second-order valence-corrected chi connectivity index (χ2v) is 8.74. The molecule has 1 saturated heterocycles. The Labute approximate surface area is 158 Å². The van der Waals surface area contributed by atoms with Gasteiger partial charge in [0.15, 0.2) is 0 Å². The third-order valence-electron chi connectivity index (χ3n) is 4.31. The summed E-state index contributed by atoms with van der Waals surface area (Å²) >= 11 is 0. The van der Waals surface area contributed by atoms with Gasteiger partial charge < -0.3 is 11.1 Å². The number of hydrogen-bond acceptors (Lipinski definition) is 4. The molecule has 0 saturated carbocycles. The van der Waals surface area contributed by atoms with E-state index in [0.717, 1.165) is 16.4 Å². The monoisotopic (exact) mass is 411 g/mol. The Kier molecular flexibility index (Phi) is 7.52. The minimum absolute atomic E-state index is 0. The lowest BCUT2D eigenvalue weighted by Gasteiger charge is -2.33. The van der Waals surface area contributed by atoms with E-state index in [9.17, 15) is 22.0 Å². The molecule has 1 aliphatic rings. The molecule has 1 fully saturated rings. The second kappa shape index (κ2) is 8.60. The Bertz CT molecular complexity index is 751.